The summed E-state index contributed by atoms with van der Waals surface area (Å²) in [5.74, 6) is 0.853. The van der Waals surface area contributed by atoms with Gasteiger partial charge in [0.25, 0.3) is 0 Å². The highest BCUT2D eigenvalue weighted by atomic mass is 15.2. The Kier molecular flexibility index (Phi) is 3.87. The van der Waals surface area contributed by atoms with Crippen LogP contribution in [0.4, 0.5) is 11.4 Å². The Morgan fingerprint density at radius 2 is 2.24 bits per heavy atom. The van der Waals surface area contributed by atoms with Gasteiger partial charge >= 0.3 is 0 Å². The van der Waals surface area contributed by atoms with Gasteiger partial charge in [-0.1, -0.05) is 6.92 Å². The highest BCUT2D eigenvalue weighted by Gasteiger charge is 2.23. The third-order valence-electron chi connectivity index (χ3n) is 3.57. The first-order chi connectivity index (χ1) is 8.20. The maximum absolute atomic E-state index is 4.33. The molecule has 1 saturated heterocycles. The molecule has 0 aliphatic carbocycles. The van der Waals surface area contributed by atoms with Crippen molar-refractivity contribution in [3.05, 3.63) is 18.5 Å². The van der Waals surface area contributed by atoms with Crippen LogP contribution in [0.1, 0.15) is 33.6 Å². The lowest BCUT2D eigenvalue weighted by molar-refractivity contribution is 0.378. The fourth-order valence-electron chi connectivity index (χ4n) is 2.68. The molecule has 0 aromatic carbocycles. The average Bonchev–Trinajstić information content (AvgIpc) is 2.29. The molecule has 1 aliphatic heterocycles. The molecule has 3 nitrogen and oxygen atoms in total. The molecule has 0 radical (unpaired) electrons. The lowest BCUT2D eigenvalue weighted by Crippen LogP contribution is -2.40. The predicted molar refractivity (Wildman–Crippen MR) is 73.6 cm³/mol. The molecule has 0 spiro atoms. The monoisotopic (exact) mass is 233 g/mol. The Hall–Kier alpha value is -1.25. The molecule has 2 rings (SSSR count). The minimum Gasteiger partial charge on any atom is -0.384 e. The van der Waals surface area contributed by atoms with Crippen molar-refractivity contribution in [2.75, 3.05) is 23.3 Å². The molecule has 2 atom stereocenters. The van der Waals surface area contributed by atoms with Crippen molar-refractivity contribution < 1.29 is 0 Å². The molecule has 2 unspecified atom stereocenters. The number of hydrogen-bond acceptors (Lipinski definition) is 3. The first-order valence-corrected chi connectivity index (χ1v) is 6.66. The van der Waals surface area contributed by atoms with E-state index in [-0.39, 0.29) is 0 Å². The molecule has 0 amide bonds. The van der Waals surface area contributed by atoms with E-state index in [4.69, 9.17) is 0 Å². The summed E-state index contributed by atoms with van der Waals surface area (Å²) in [6, 6.07) is 2.83. The molecule has 0 saturated carbocycles. The zero-order valence-electron chi connectivity index (χ0n) is 11.1. The predicted octanol–water partition coefficient (Wildman–Crippen LogP) is 3.14. The molecule has 2 heterocycles. The molecule has 1 aromatic rings. The van der Waals surface area contributed by atoms with Crippen LogP contribution in [0.5, 0.6) is 0 Å². The van der Waals surface area contributed by atoms with Crippen LogP contribution in [0.3, 0.4) is 0 Å². The first-order valence-electron chi connectivity index (χ1n) is 6.66. The maximum atomic E-state index is 4.33. The van der Waals surface area contributed by atoms with E-state index in [2.05, 4.69) is 42.0 Å². The van der Waals surface area contributed by atoms with Gasteiger partial charge < -0.3 is 10.2 Å². The van der Waals surface area contributed by atoms with E-state index in [1.54, 1.807) is 0 Å². The molecular formula is C14H23N3. The number of aromatic nitrogens is 1. The van der Waals surface area contributed by atoms with Crippen molar-refractivity contribution in [1.29, 1.82) is 0 Å². The lowest BCUT2D eigenvalue weighted by atomic mass is 9.93. The van der Waals surface area contributed by atoms with E-state index in [1.807, 2.05) is 12.4 Å². The normalized spacial score (nSPS) is 24.8. The third kappa shape index (κ3) is 2.90. The first kappa shape index (κ1) is 12.2. The van der Waals surface area contributed by atoms with Gasteiger partial charge in [0.15, 0.2) is 0 Å². The molecular weight excluding hydrogens is 210 g/mol. The second-order valence-electron chi connectivity index (χ2n) is 5.13. The van der Waals surface area contributed by atoms with Crippen LogP contribution in [0, 0.1) is 5.92 Å². The van der Waals surface area contributed by atoms with Crippen molar-refractivity contribution in [2.45, 2.75) is 39.7 Å². The van der Waals surface area contributed by atoms with Crippen LogP contribution < -0.4 is 10.2 Å². The van der Waals surface area contributed by atoms with Gasteiger partial charge in [-0.2, -0.15) is 0 Å². The Morgan fingerprint density at radius 3 is 2.94 bits per heavy atom. The summed E-state index contributed by atoms with van der Waals surface area (Å²) in [7, 11) is 0. The minimum atomic E-state index is 0.623. The zero-order valence-corrected chi connectivity index (χ0v) is 11.1. The van der Waals surface area contributed by atoms with Gasteiger partial charge in [-0.3, -0.25) is 4.98 Å². The molecule has 1 N–H and O–H groups in total. The SMILES string of the molecule is CCNc1cncc(N2CCC(C)CC2C)c1. The van der Waals surface area contributed by atoms with Gasteiger partial charge in [0.2, 0.25) is 0 Å². The smallest absolute Gasteiger partial charge is 0.0575 e. The largest absolute Gasteiger partial charge is 0.384 e. The van der Waals surface area contributed by atoms with Crippen molar-refractivity contribution in [3.63, 3.8) is 0 Å². The molecule has 17 heavy (non-hydrogen) atoms. The molecule has 1 fully saturated rings. The Bertz CT molecular complexity index is 364. The fraction of sp³-hybridized carbons (Fsp3) is 0.643. The maximum Gasteiger partial charge on any atom is 0.0575 e. The van der Waals surface area contributed by atoms with Gasteiger partial charge in [0, 0.05) is 19.1 Å². The minimum absolute atomic E-state index is 0.623. The summed E-state index contributed by atoms with van der Waals surface area (Å²) >= 11 is 0. The van der Waals surface area contributed by atoms with E-state index in [9.17, 15) is 0 Å². The number of anilines is 2. The summed E-state index contributed by atoms with van der Waals surface area (Å²) in [5, 5.41) is 3.32. The van der Waals surface area contributed by atoms with Crippen molar-refractivity contribution in [1.82, 2.24) is 4.98 Å². The van der Waals surface area contributed by atoms with E-state index in [1.165, 1.54) is 18.5 Å². The van der Waals surface area contributed by atoms with Crippen LogP contribution in [-0.2, 0) is 0 Å². The second-order valence-corrected chi connectivity index (χ2v) is 5.13. The summed E-state index contributed by atoms with van der Waals surface area (Å²) in [6.07, 6.45) is 6.44. The summed E-state index contributed by atoms with van der Waals surface area (Å²) in [4.78, 5) is 6.81. The van der Waals surface area contributed by atoms with Gasteiger partial charge in [-0.05, 0) is 38.7 Å². The van der Waals surface area contributed by atoms with Crippen molar-refractivity contribution >= 4 is 11.4 Å². The number of rotatable bonds is 3. The number of nitrogens with zero attached hydrogens (tertiary/aromatic N) is 2. The fourth-order valence-corrected chi connectivity index (χ4v) is 2.68. The molecule has 1 aliphatic rings. The Balaban J connectivity index is 2.13. The second kappa shape index (κ2) is 5.39. The molecule has 0 bridgehead atoms. The quantitative estimate of drug-likeness (QED) is 0.869. The Morgan fingerprint density at radius 1 is 1.41 bits per heavy atom. The van der Waals surface area contributed by atoms with Crippen LogP contribution in [0.2, 0.25) is 0 Å². The van der Waals surface area contributed by atoms with Crippen LogP contribution >= 0.6 is 0 Å². The lowest BCUT2D eigenvalue weighted by Gasteiger charge is -2.38. The highest BCUT2D eigenvalue weighted by molar-refractivity contribution is 5.56. The number of piperidine rings is 1. The van der Waals surface area contributed by atoms with Crippen molar-refractivity contribution in [3.8, 4) is 0 Å². The van der Waals surface area contributed by atoms with E-state index in [0.29, 0.717) is 6.04 Å². The standard InChI is InChI=1S/C14H23N3/c1-4-16-13-8-14(10-15-9-13)17-6-5-11(2)7-12(17)3/h8-12,16H,4-7H2,1-3H3. The Labute approximate surface area is 104 Å². The van der Waals surface area contributed by atoms with Gasteiger partial charge in [-0.15, -0.1) is 0 Å². The molecule has 1 aromatic heterocycles. The van der Waals surface area contributed by atoms with E-state index >= 15 is 0 Å². The number of nitrogens with one attached hydrogen (secondary N) is 1. The van der Waals surface area contributed by atoms with Crippen molar-refractivity contribution in [2.24, 2.45) is 5.92 Å². The van der Waals surface area contributed by atoms with Gasteiger partial charge in [0.1, 0.15) is 0 Å². The van der Waals surface area contributed by atoms with Crippen LogP contribution in [-0.4, -0.2) is 24.1 Å². The molecule has 3 heteroatoms. The number of pyridine rings is 1. The van der Waals surface area contributed by atoms with E-state index < -0.39 is 0 Å². The third-order valence-corrected chi connectivity index (χ3v) is 3.57. The van der Waals surface area contributed by atoms with Crippen LogP contribution in [0.25, 0.3) is 0 Å². The van der Waals surface area contributed by atoms with E-state index in [0.717, 1.165) is 24.7 Å². The summed E-state index contributed by atoms with van der Waals surface area (Å²) in [5.41, 5.74) is 2.37. The summed E-state index contributed by atoms with van der Waals surface area (Å²) < 4.78 is 0. The van der Waals surface area contributed by atoms with Gasteiger partial charge in [0.05, 0.1) is 23.8 Å². The molecule has 94 valence electrons. The van der Waals surface area contributed by atoms with Gasteiger partial charge in [-0.25, -0.2) is 0 Å². The summed E-state index contributed by atoms with van der Waals surface area (Å²) in [6.45, 7) is 8.87. The number of hydrogen-bond donors (Lipinski definition) is 1. The van der Waals surface area contributed by atoms with Crippen LogP contribution in [0.15, 0.2) is 18.5 Å². The topological polar surface area (TPSA) is 28.2 Å². The highest BCUT2D eigenvalue weighted by Crippen LogP contribution is 2.28. The zero-order chi connectivity index (χ0) is 12.3. The average molecular weight is 233 g/mol.